The van der Waals surface area contributed by atoms with E-state index in [1.54, 1.807) is 18.3 Å². The summed E-state index contributed by atoms with van der Waals surface area (Å²) in [5.74, 6) is -0.632. The largest absolute Gasteiger partial charge is 0.489 e. The van der Waals surface area contributed by atoms with Crippen LogP contribution >= 0.6 is 0 Å². The molecule has 6 rings (SSSR count). The fraction of sp³-hybridized carbons (Fsp3) is 0.361. The summed E-state index contributed by atoms with van der Waals surface area (Å²) in [5.41, 5.74) is -0.214. The lowest BCUT2D eigenvalue weighted by Gasteiger charge is -2.24. The maximum absolute atomic E-state index is 15.4. The molecular formula is C36H42F2N4O6. The molecule has 4 aromatic rings. The van der Waals surface area contributed by atoms with Crippen molar-refractivity contribution in [2.75, 3.05) is 50.1 Å². The van der Waals surface area contributed by atoms with Gasteiger partial charge in [-0.25, -0.2) is 8.78 Å². The molecule has 10 nitrogen and oxygen atoms in total. The molecule has 0 unspecified atom stereocenters. The zero-order valence-corrected chi connectivity index (χ0v) is 26.9. The van der Waals surface area contributed by atoms with Crippen molar-refractivity contribution in [1.29, 1.82) is 0 Å². The summed E-state index contributed by atoms with van der Waals surface area (Å²) < 4.78 is 52.8. The van der Waals surface area contributed by atoms with Crippen molar-refractivity contribution in [1.82, 2.24) is 9.88 Å². The second kappa shape index (κ2) is 14.4. The van der Waals surface area contributed by atoms with E-state index < -0.39 is 28.9 Å². The molecule has 0 radical (unpaired) electrons. The second-order valence-electron chi connectivity index (χ2n) is 11.8. The van der Waals surface area contributed by atoms with Gasteiger partial charge < -0.3 is 34.5 Å². The van der Waals surface area contributed by atoms with Gasteiger partial charge in [-0.05, 0) is 81.2 Å². The third-order valence-corrected chi connectivity index (χ3v) is 8.44. The quantitative estimate of drug-likeness (QED) is 0.106. The van der Waals surface area contributed by atoms with Crippen LogP contribution in [0.15, 0.2) is 60.8 Å². The van der Waals surface area contributed by atoms with Crippen LogP contribution in [0.1, 0.15) is 42.4 Å². The Hall–Kier alpha value is -4.97. The minimum atomic E-state index is -1.29. The minimum absolute atomic E-state index is 0. The Morgan fingerprint density at radius 2 is 1.60 bits per heavy atom. The number of carbonyl (C=O) groups excluding carboxylic acids is 2. The standard InChI is InChI=1S/C36H38F2N4O6.2H2/c1-3-16-42(4-2)17-5-18-45-30-22-27-31(33-32(30)46-19-20-47-33)29(12-15-39-27)48-28-11-10-25(21-26(28)38)41-35(44)36(13-14-36)34(43)40-24-8-6-23(37)7-9-24;;/h6-12,15,21-22H,3-5,13-14,16-20H2,1-2H3,(H,40,43)(H,41,44);2*1H. The van der Waals surface area contributed by atoms with E-state index >= 15 is 4.39 Å². The molecule has 0 bridgehead atoms. The first kappa shape index (κ1) is 33.0. The number of carbonyl (C=O) groups is 2. The van der Waals surface area contributed by atoms with Crippen molar-refractivity contribution < 1.29 is 40.2 Å². The number of hydrogen-bond acceptors (Lipinski definition) is 8. The maximum atomic E-state index is 15.4. The highest BCUT2D eigenvalue weighted by Crippen LogP contribution is 2.49. The number of ether oxygens (including phenoxy) is 4. The van der Waals surface area contributed by atoms with Crippen molar-refractivity contribution in [3.05, 3.63) is 72.4 Å². The summed E-state index contributed by atoms with van der Waals surface area (Å²) in [4.78, 5) is 32.9. The average Bonchev–Trinajstić information content (AvgIpc) is 3.91. The monoisotopic (exact) mass is 664 g/mol. The predicted molar refractivity (Wildman–Crippen MR) is 181 cm³/mol. The van der Waals surface area contributed by atoms with Gasteiger partial charge in [0.15, 0.2) is 23.1 Å². The fourth-order valence-corrected chi connectivity index (χ4v) is 5.68. The van der Waals surface area contributed by atoms with Crippen molar-refractivity contribution in [3.63, 3.8) is 0 Å². The van der Waals surface area contributed by atoms with E-state index in [2.05, 4.69) is 34.4 Å². The van der Waals surface area contributed by atoms with Crippen molar-refractivity contribution in [3.8, 4) is 28.7 Å². The predicted octanol–water partition coefficient (Wildman–Crippen LogP) is 7.43. The minimum Gasteiger partial charge on any atom is -0.489 e. The maximum Gasteiger partial charge on any atom is 0.240 e. The van der Waals surface area contributed by atoms with Crippen LogP contribution in [0.5, 0.6) is 28.7 Å². The van der Waals surface area contributed by atoms with Gasteiger partial charge >= 0.3 is 0 Å². The zero-order valence-electron chi connectivity index (χ0n) is 26.9. The Morgan fingerprint density at radius 1 is 0.896 bits per heavy atom. The molecule has 0 atom stereocenters. The number of amides is 2. The van der Waals surface area contributed by atoms with Crippen LogP contribution in [0, 0.1) is 17.0 Å². The molecule has 256 valence electrons. The molecule has 2 aliphatic rings. The van der Waals surface area contributed by atoms with Crippen LogP contribution in [0.2, 0.25) is 0 Å². The molecule has 0 spiro atoms. The van der Waals surface area contributed by atoms with Gasteiger partial charge in [0.25, 0.3) is 0 Å². The molecule has 1 fully saturated rings. The van der Waals surface area contributed by atoms with Gasteiger partial charge in [0.2, 0.25) is 17.6 Å². The highest BCUT2D eigenvalue weighted by Gasteiger charge is 2.56. The molecule has 1 aromatic heterocycles. The van der Waals surface area contributed by atoms with Crippen LogP contribution in [0.4, 0.5) is 20.2 Å². The number of benzene rings is 3. The third-order valence-electron chi connectivity index (χ3n) is 8.44. The van der Waals surface area contributed by atoms with E-state index in [9.17, 15) is 14.0 Å². The van der Waals surface area contributed by atoms with E-state index in [0.717, 1.165) is 38.5 Å². The van der Waals surface area contributed by atoms with E-state index in [1.165, 1.54) is 36.4 Å². The second-order valence-corrected chi connectivity index (χ2v) is 11.8. The lowest BCUT2D eigenvalue weighted by atomic mass is 10.0. The molecular weight excluding hydrogens is 622 g/mol. The Balaban J connectivity index is 0.00000281. The first-order valence-corrected chi connectivity index (χ1v) is 16.2. The van der Waals surface area contributed by atoms with Gasteiger partial charge in [-0.3, -0.25) is 14.6 Å². The van der Waals surface area contributed by atoms with Gasteiger partial charge in [-0.2, -0.15) is 0 Å². The van der Waals surface area contributed by atoms with Crippen LogP contribution in [0.3, 0.4) is 0 Å². The summed E-state index contributed by atoms with van der Waals surface area (Å²) in [6.45, 7) is 8.43. The molecule has 3 aromatic carbocycles. The average molecular weight is 665 g/mol. The SMILES string of the molecule is CCCN(CC)CCCOc1cc2nccc(Oc3ccc(NC(=O)C4(C(=O)Nc5ccc(F)cc5)CC4)cc3F)c2c2c1OCCO2.[HH].[HH]. The lowest BCUT2D eigenvalue weighted by molar-refractivity contribution is -0.131. The Labute approximate surface area is 280 Å². The zero-order chi connectivity index (χ0) is 33.7. The summed E-state index contributed by atoms with van der Waals surface area (Å²) in [6.07, 6.45) is 4.17. The Kier molecular flexibility index (Phi) is 9.90. The molecule has 0 saturated heterocycles. The van der Waals surface area contributed by atoms with E-state index in [1.807, 2.05) is 0 Å². The lowest BCUT2D eigenvalue weighted by Crippen LogP contribution is -2.35. The smallest absolute Gasteiger partial charge is 0.240 e. The van der Waals surface area contributed by atoms with Crippen LogP contribution < -0.4 is 29.6 Å². The van der Waals surface area contributed by atoms with E-state index in [-0.39, 0.29) is 14.3 Å². The first-order valence-electron chi connectivity index (χ1n) is 16.2. The number of anilines is 2. The van der Waals surface area contributed by atoms with E-state index in [4.69, 9.17) is 18.9 Å². The van der Waals surface area contributed by atoms with Crippen LogP contribution in [-0.2, 0) is 9.59 Å². The molecule has 1 aliphatic heterocycles. The van der Waals surface area contributed by atoms with Gasteiger partial charge in [0.05, 0.1) is 17.5 Å². The molecule has 1 saturated carbocycles. The van der Waals surface area contributed by atoms with Gasteiger partial charge in [0, 0.05) is 39.1 Å². The molecule has 12 heteroatoms. The van der Waals surface area contributed by atoms with E-state index in [0.29, 0.717) is 72.3 Å². The van der Waals surface area contributed by atoms with Gasteiger partial charge in [-0.15, -0.1) is 0 Å². The number of rotatable bonds is 14. The van der Waals surface area contributed by atoms with Crippen LogP contribution in [-0.4, -0.2) is 61.2 Å². The number of halogens is 2. The topological polar surface area (TPSA) is 111 Å². The summed E-state index contributed by atoms with van der Waals surface area (Å²) in [6, 6.07) is 12.7. The number of fused-ring (bicyclic) bond motifs is 3. The highest BCUT2D eigenvalue weighted by atomic mass is 19.1. The molecule has 2 amide bonds. The van der Waals surface area contributed by atoms with Crippen molar-refractivity contribution in [2.45, 2.75) is 39.5 Å². The van der Waals surface area contributed by atoms with Crippen molar-refractivity contribution >= 4 is 34.1 Å². The first-order chi connectivity index (χ1) is 23.3. The summed E-state index contributed by atoms with van der Waals surface area (Å²) in [5, 5.41) is 5.82. The summed E-state index contributed by atoms with van der Waals surface area (Å²) in [7, 11) is 0. The number of pyridine rings is 1. The van der Waals surface area contributed by atoms with Gasteiger partial charge in [-0.1, -0.05) is 13.8 Å². The molecule has 48 heavy (non-hydrogen) atoms. The number of nitrogens with zero attached hydrogens (tertiary/aromatic N) is 2. The fourth-order valence-electron chi connectivity index (χ4n) is 5.68. The number of aromatic nitrogens is 1. The highest BCUT2D eigenvalue weighted by molar-refractivity contribution is 6.16. The molecule has 1 aliphatic carbocycles. The van der Waals surface area contributed by atoms with Crippen LogP contribution in [0.25, 0.3) is 10.9 Å². The Morgan fingerprint density at radius 3 is 2.29 bits per heavy atom. The normalized spacial score (nSPS) is 14.4. The molecule has 2 N–H and O–H groups in total. The summed E-state index contributed by atoms with van der Waals surface area (Å²) >= 11 is 0. The number of hydrogen-bond donors (Lipinski definition) is 2. The number of nitrogens with one attached hydrogen (secondary N) is 2. The van der Waals surface area contributed by atoms with Crippen molar-refractivity contribution in [2.24, 2.45) is 5.41 Å². The molecule has 2 heterocycles. The third kappa shape index (κ3) is 7.13. The Bertz CT molecular complexity index is 1810. The van der Waals surface area contributed by atoms with Gasteiger partial charge in [0.1, 0.15) is 30.2 Å².